The minimum Gasteiger partial charge on any atom is -0.493 e. The van der Waals surface area contributed by atoms with Gasteiger partial charge in [0.1, 0.15) is 0 Å². The number of aliphatic hydroxyl groups excluding tert-OH is 1. The first-order chi connectivity index (χ1) is 18.0. The molecule has 3 aromatic carbocycles. The van der Waals surface area contributed by atoms with Gasteiger partial charge in [0, 0.05) is 47.4 Å². The molecule has 1 fully saturated rings. The molecule has 0 bridgehead atoms. The van der Waals surface area contributed by atoms with Crippen molar-refractivity contribution in [2.24, 2.45) is 5.92 Å². The Morgan fingerprint density at radius 3 is 2.59 bits per heavy atom. The minimum atomic E-state index is -0.133. The van der Waals surface area contributed by atoms with E-state index in [1.165, 1.54) is 0 Å². The van der Waals surface area contributed by atoms with Gasteiger partial charge in [0.2, 0.25) is 0 Å². The zero-order valence-electron chi connectivity index (χ0n) is 20.9. The summed E-state index contributed by atoms with van der Waals surface area (Å²) in [5.74, 6) is 1.36. The second kappa shape index (κ2) is 13.0. The molecule has 6 nitrogen and oxygen atoms in total. The molecule has 0 saturated carbocycles. The molecule has 1 saturated heterocycles. The van der Waals surface area contributed by atoms with Gasteiger partial charge in [0.25, 0.3) is 5.91 Å². The second-order valence-corrected chi connectivity index (χ2v) is 10.0. The molecule has 2 N–H and O–H groups in total. The highest BCUT2D eigenvalue weighted by atomic mass is 35.5. The van der Waals surface area contributed by atoms with Crippen LogP contribution in [0.4, 0.5) is 5.69 Å². The van der Waals surface area contributed by atoms with E-state index >= 15 is 0 Å². The number of benzene rings is 3. The van der Waals surface area contributed by atoms with Gasteiger partial charge in [-0.05, 0) is 72.4 Å². The van der Waals surface area contributed by atoms with Gasteiger partial charge in [-0.1, -0.05) is 41.4 Å². The minimum absolute atomic E-state index is 0.0468. The van der Waals surface area contributed by atoms with Crippen molar-refractivity contribution < 1.29 is 19.4 Å². The molecule has 0 aliphatic carbocycles. The zero-order chi connectivity index (χ0) is 26.2. The number of rotatable bonds is 10. The third-order valence-electron chi connectivity index (χ3n) is 6.69. The molecule has 0 radical (unpaired) electrons. The number of piperidine rings is 1. The van der Waals surface area contributed by atoms with Crippen molar-refractivity contribution in [3.63, 3.8) is 0 Å². The van der Waals surface area contributed by atoms with Crippen LogP contribution in [0.2, 0.25) is 10.0 Å². The number of ether oxygens (including phenoxy) is 2. The van der Waals surface area contributed by atoms with E-state index < -0.39 is 0 Å². The molecule has 4 rings (SSSR count). The van der Waals surface area contributed by atoms with Crippen LogP contribution in [-0.2, 0) is 13.0 Å². The number of methoxy groups -OCH3 is 1. The Labute approximate surface area is 228 Å². The van der Waals surface area contributed by atoms with Crippen LogP contribution < -0.4 is 19.7 Å². The Bertz CT molecular complexity index is 1210. The normalized spacial score (nSPS) is 13.9. The lowest BCUT2D eigenvalue weighted by Crippen LogP contribution is -2.38. The number of amides is 1. The summed E-state index contributed by atoms with van der Waals surface area (Å²) in [5, 5.41) is 13.7. The van der Waals surface area contributed by atoms with Crippen molar-refractivity contribution in [2.45, 2.75) is 25.9 Å². The molecule has 0 spiro atoms. The van der Waals surface area contributed by atoms with E-state index in [1.54, 1.807) is 37.4 Å². The van der Waals surface area contributed by atoms with E-state index in [0.717, 1.165) is 42.7 Å². The van der Waals surface area contributed by atoms with Gasteiger partial charge in [-0.15, -0.1) is 0 Å². The van der Waals surface area contributed by atoms with E-state index in [9.17, 15) is 9.90 Å². The highest BCUT2D eigenvalue weighted by Gasteiger charge is 2.21. The topological polar surface area (TPSA) is 71.0 Å². The number of nitrogens with one attached hydrogen (secondary N) is 1. The third kappa shape index (κ3) is 7.31. The number of halogens is 2. The van der Waals surface area contributed by atoms with E-state index in [-0.39, 0.29) is 12.5 Å². The molecular weight excluding hydrogens is 511 g/mol. The fourth-order valence-corrected chi connectivity index (χ4v) is 5.02. The standard InChI is InChI=1S/C29H32Cl2N2O4/c1-36-27-8-6-23(16-28(27)37-14-11-22-5-7-24(30)17-26(22)31)29(35)32-18-20-9-12-33(13-10-20)25-4-2-3-21(15-25)19-34/h2-8,15-17,20,34H,9-14,18-19H2,1H3,(H,32,35). The monoisotopic (exact) mass is 542 g/mol. The van der Waals surface area contributed by atoms with Crippen LogP contribution in [0.1, 0.15) is 34.3 Å². The van der Waals surface area contributed by atoms with Crippen LogP contribution >= 0.6 is 23.2 Å². The average Bonchev–Trinajstić information content (AvgIpc) is 2.93. The largest absolute Gasteiger partial charge is 0.493 e. The van der Waals surface area contributed by atoms with Crippen LogP contribution in [0.5, 0.6) is 11.5 Å². The molecular formula is C29H32Cl2N2O4. The number of carbonyl (C=O) groups excluding carboxylic acids is 1. The molecule has 196 valence electrons. The number of anilines is 1. The van der Waals surface area contributed by atoms with Crippen molar-refractivity contribution >= 4 is 34.8 Å². The lowest BCUT2D eigenvalue weighted by atomic mass is 9.96. The van der Waals surface area contributed by atoms with E-state index in [0.29, 0.717) is 52.6 Å². The van der Waals surface area contributed by atoms with E-state index in [2.05, 4.69) is 16.3 Å². The van der Waals surface area contributed by atoms with Crippen LogP contribution in [0.25, 0.3) is 0 Å². The molecule has 1 heterocycles. The second-order valence-electron chi connectivity index (χ2n) is 9.17. The Morgan fingerprint density at radius 1 is 1.05 bits per heavy atom. The molecule has 0 aromatic heterocycles. The summed E-state index contributed by atoms with van der Waals surface area (Å²) in [7, 11) is 1.57. The summed E-state index contributed by atoms with van der Waals surface area (Å²) in [6.07, 6.45) is 2.58. The smallest absolute Gasteiger partial charge is 0.251 e. The van der Waals surface area contributed by atoms with Gasteiger partial charge in [-0.3, -0.25) is 4.79 Å². The van der Waals surface area contributed by atoms with Crippen LogP contribution in [0.15, 0.2) is 60.7 Å². The predicted octanol–water partition coefficient (Wildman–Crippen LogP) is 5.76. The third-order valence-corrected chi connectivity index (χ3v) is 7.28. The van der Waals surface area contributed by atoms with Gasteiger partial charge < -0.3 is 24.8 Å². The average molecular weight is 543 g/mol. The first-order valence-electron chi connectivity index (χ1n) is 12.4. The molecule has 8 heteroatoms. The Morgan fingerprint density at radius 2 is 1.86 bits per heavy atom. The Balaban J connectivity index is 1.28. The molecule has 0 atom stereocenters. The molecule has 1 amide bonds. The first kappa shape index (κ1) is 27.1. The fraction of sp³-hybridized carbons (Fsp3) is 0.345. The summed E-state index contributed by atoms with van der Waals surface area (Å²) in [6, 6.07) is 18.6. The summed E-state index contributed by atoms with van der Waals surface area (Å²) >= 11 is 12.2. The molecule has 3 aromatic rings. The zero-order valence-corrected chi connectivity index (χ0v) is 22.4. The van der Waals surface area contributed by atoms with Crippen LogP contribution in [0.3, 0.4) is 0 Å². The highest BCUT2D eigenvalue weighted by Crippen LogP contribution is 2.29. The van der Waals surface area contributed by atoms with Gasteiger partial charge in [-0.25, -0.2) is 0 Å². The number of hydrogen-bond acceptors (Lipinski definition) is 5. The maximum absolute atomic E-state index is 12.9. The van der Waals surface area contributed by atoms with Crippen molar-refractivity contribution in [3.8, 4) is 11.5 Å². The maximum Gasteiger partial charge on any atom is 0.251 e. The number of hydrogen-bond donors (Lipinski definition) is 2. The fourth-order valence-electron chi connectivity index (χ4n) is 4.51. The van der Waals surface area contributed by atoms with Gasteiger partial charge in [-0.2, -0.15) is 0 Å². The van der Waals surface area contributed by atoms with Gasteiger partial charge >= 0.3 is 0 Å². The predicted molar refractivity (Wildman–Crippen MR) is 148 cm³/mol. The Kier molecular flexibility index (Phi) is 9.56. The molecule has 37 heavy (non-hydrogen) atoms. The van der Waals surface area contributed by atoms with Crippen molar-refractivity contribution in [3.05, 3.63) is 87.4 Å². The van der Waals surface area contributed by atoms with Gasteiger partial charge in [0.15, 0.2) is 11.5 Å². The first-order valence-corrected chi connectivity index (χ1v) is 13.2. The van der Waals surface area contributed by atoms with Crippen LogP contribution in [0, 0.1) is 5.92 Å². The highest BCUT2D eigenvalue weighted by molar-refractivity contribution is 6.35. The van der Waals surface area contributed by atoms with Crippen LogP contribution in [-0.4, -0.2) is 44.4 Å². The summed E-state index contributed by atoms with van der Waals surface area (Å²) < 4.78 is 11.4. The number of aliphatic hydroxyl groups is 1. The Hall–Kier alpha value is -2.93. The summed E-state index contributed by atoms with van der Waals surface area (Å²) in [6.45, 7) is 2.90. The van der Waals surface area contributed by atoms with E-state index in [4.69, 9.17) is 32.7 Å². The number of nitrogens with zero attached hydrogens (tertiary/aromatic N) is 1. The van der Waals surface area contributed by atoms with Gasteiger partial charge in [0.05, 0.1) is 20.3 Å². The SMILES string of the molecule is COc1ccc(C(=O)NCC2CCN(c3cccc(CO)c3)CC2)cc1OCCc1ccc(Cl)cc1Cl. The van der Waals surface area contributed by atoms with Crippen molar-refractivity contribution in [2.75, 3.05) is 38.3 Å². The summed E-state index contributed by atoms with van der Waals surface area (Å²) in [4.78, 5) is 15.2. The summed E-state index contributed by atoms with van der Waals surface area (Å²) in [5.41, 5.74) is 3.52. The maximum atomic E-state index is 12.9. The molecule has 0 unspecified atom stereocenters. The van der Waals surface area contributed by atoms with Crippen molar-refractivity contribution in [1.82, 2.24) is 5.32 Å². The van der Waals surface area contributed by atoms with E-state index in [1.807, 2.05) is 24.3 Å². The lowest BCUT2D eigenvalue weighted by Gasteiger charge is -2.34. The lowest BCUT2D eigenvalue weighted by molar-refractivity contribution is 0.0944. The quantitative estimate of drug-likeness (QED) is 0.340. The number of carbonyl (C=O) groups is 1. The molecule has 1 aliphatic rings. The van der Waals surface area contributed by atoms with Crippen molar-refractivity contribution in [1.29, 1.82) is 0 Å². The molecule has 1 aliphatic heterocycles.